The van der Waals surface area contributed by atoms with Crippen LogP contribution in [0.5, 0.6) is 0 Å². The molecular weight excluding hydrogens is 300 g/mol. The van der Waals surface area contributed by atoms with E-state index in [0.717, 1.165) is 11.3 Å². The summed E-state index contributed by atoms with van der Waals surface area (Å²) in [5.74, 6) is -0.385. The van der Waals surface area contributed by atoms with Crippen molar-refractivity contribution >= 4 is 34.5 Å². The lowest BCUT2D eigenvalue weighted by Crippen LogP contribution is -2.02. The number of para-hydroxylation sites is 1. The van der Waals surface area contributed by atoms with Crippen molar-refractivity contribution in [2.24, 2.45) is 0 Å². The third kappa shape index (κ3) is 2.57. The summed E-state index contributed by atoms with van der Waals surface area (Å²) in [5, 5.41) is 3.93. The van der Waals surface area contributed by atoms with E-state index in [4.69, 9.17) is 23.2 Å². The summed E-state index contributed by atoms with van der Waals surface area (Å²) in [6.45, 7) is 0.375. The monoisotopic (exact) mass is 309 g/mol. The number of hydrogen-bond acceptors (Lipinski definition) is 2. The normalized spacial score (nSPS) is 10.9. The molecule has 0 fully saturated rings. The van der Waals surface area contributed by atoms with E-state index in [1.165, 1.54) is 6.07 Å². The first-order valence-corrected chi connectivity index (χ1v) is 6.70. The van der Waals surface area contributed by atoms with Gasteiger partial charge in [0.15, 0.2) is 0 Å². The standard InChI is InChI=1S/C14H10Cl2FN3/c15-9-4-5-13-19-10(8-20(13)7-9)6-18-14-11(16)2-1-3-12(14)17/h1-5,7-8,18H,6H2. The largest absolute Gasteiger partial charge is 0.376 e. The summed E-state index contributed by atoms with van der Waals surface area (Å²) in [4.78, 5) is 4.40. The highest BCUT2D eigenvalue weighted by atomic mass is 35.5. The molecule has 0 unspecified atom stereocenters. The van der Waals surface area contributed by atoms with Crippen molar-refractivity contribution in [3.8, 4) is 0 Å². The maximum Gasteiger partial charge on any atom is 0.147 e. The van der Waals surface area contributed by atoms with Crippen LogP contribution in [0.1, 0.15) is 5.69 Å². The van der Waals surface area contributed by atoms with Gasteiger partial charge in [-0.3, -0.25) is 0 Å². The lowest BCUT2D eigenvalue weighted by molar-refractivity contribution is 0.630. The third-order valence-electron chi connectivity index (χ3n) is 2.87. The van der Waals surface area contributed by atoms with Crippen molar-refractivity contribution in [1.29, 1.82) is 0 Å². The van der Waals surface area contributed by atoms with Crippen LogP contribution in [0.3, 0.4) is 0 Å². The van der Waals surface area contributed by atoms with Crippen LogP contribution in [0.15, 0.2) is 42.7 Å². The van der Waals surface area contributed by atoms with Crippen LogP contribution in [-0.4, -0.2) is 9.38 Å². The molecule has 0 aliphatic rings. The molecule has 0 atom stereocenters. The Balaban J connectivity index is 1.83. The van der Waals surface area contributed by atoms with Crippen molar-refractivity contribution in [3.63, 3.8) is 0 Å². The molecule has 0 spiro atoms. The van der Waals surface area contributed by atoms with Gasteiger partial charge >= 0.3 is 0 Å². The minimum atomic E-state index is -0.385. The van der Waals surface area contributed by atoms with Crippen molar-refractivity contribution in [2.45, 2.75) is 6.54 Å². The van der Waals surface area contributed by atoms with Crippen molar-refractivity contribution in [2.75, 3.05) is 5.32 Å². The highest BCUT2D eigenvalue weighted by molar-refractivity contribution is 6.33. The number of rotatable bonds is 3. The Morgan fingerprint density at radius 1 is 1.15 bits per heavy atom. The van der Waals surface area contributed by atoms with Gasteiger partial charge in [-0.25, -0.2) is 9.37 Å². The lowest BCUT2D eigenvalue weighted by atomic mass is 10.3. The second-order valence-corrected chi connectivity index (χ2v) is 5.14. The molecule has 2 aromatic heterocycles. The van der Waals surface area contributed by atoms with Crippen LogP contribution in [0.4, 0.5) is 10.1 Å². The Bertz CT molecular complexity index is 750. The summed E-state index contributed by atoms with van der Waals surface area (Å²) in [6.07, 6.45) is 3.60. The Morgan fingerprint density at radius 2 is 2.00 bits per heavy atom. The lowest BCUT2D eigenvalue weighted by Gasteiger charge is -2.07. The Morgan fingerprint density at radius 3 is 2.80 bits per heavy atom. The van der Waals surface area contributed by atoms with Gasteiger partial charge in [0, 0.05) is 12.4 Å². The first-order chi connectivity index (χ1) is 9.63. The second kappa shape index (κ2) is 5.31. The first kappa shape index (κ1) is 13.2. The highest BCUT2D eigenvalue weighted by Crippen LogP contribution is 2.25. The number of fused-ring (bicyclic) bond motifs is 1. The highest BCUT2D eigenvalue weighted by Gasteiger charge is 2.07. The number of aromatic nitrogens is 2. The van der Waals surface area contributed by atoms with Gasteiger partial charge in [0.1, 0.15) is 11.5 Å². The minimum absolute atomic E-state index is 0.282. The number of halogens is 3. The Labute approximate surface area is 125 Å². The number of imidazole rings is 1. The molecule has 102 valence electrons. The van der Waals surface area contributed by atoms with E-state index >= 15 is 0 Å². The summed E-state index contributed by atoms with van der Waals surface area (Å²) in [7, 11) is 0. The fourth-order valence-electron chi connectivity index (χ4n) is 1.95. The van der Waals surface area contributed by atoms with Gasteiger partial charge in [-0.05, 0) is 24.3 Å². The van der Waals surface area contributed by atoms with Gasteiger partial charge in [0.25, 0.3) is 0 Å². The molecule has 0 amide bonds. The number of nitrogens with zero attached hydrogens (tertiary/aromatic N) is 2. The van der Waals surface area contributed by atoms with Crippen LogP contribution in [0, 0.1) is 5.82 Å². The van der Waals surface area contributed by atoms with E-state index in [1.54, 1.807) is 24.4 Å². The van der Waals surface area contributed by atoms with Gasteiger partial charge < -0.3 is 9.72 Å². The average molecular weight is 310 g/mol. The predicted molar refractivity (Wildman–Crippen MR) is 78.9 cm³/mol. The zero-order valence-corrected chi connectivity index (χ0v) is 11.8. The number of benzene rings is 1. The Hall–Kier alpha value is -1.78. The van der Waals surface area contributed by atoms with Crippen molar-refractivity contribution in [1.82, 2.24) is 9.38 Å². The van der Waals surface area contributed by atoms with Gasteiger partial charge in [0.05, 0.1) is 28.0 Å². The predicted octanol–water partition coefficient (Wildman–Crippen LogP) is 4.39. The van der Waals surface area contributed by atoms with Crippen molar-refractivity contribution in [3.05, 3.63) is 64.3 Å². The SMILES string of the molecule is Fc1cccc(Cl)c1NCc1cn2cc(Cl)ccc2n1. The van der Waals surface area contributed by atoms with Gasteiger partial charge in [-0.15, -0.1) is 0 Å². The molecule has 0 radical (unpaired) electrons. The molecule has 6 heteroatoms. The van der Waals surface area contributed by atoms with E-state index in [1.807, 2.05) is 16.7 Å². The molecule has 0 saturated heterocycles. The second-order valence-electron chi connectivity index (χ2n) is 4.30. The zero-order valence-electron chi connectivity index (χ0n) is 10.3. The summed E-state index contributed by atoms with van der Waals surface area (Å²) in [5.41, 5.74) is 1.83. The zero-order chi connectivity index (χ0) is 14.1. The molecule has 0 bridgehead atoms. The van der Waals surface area contributed by atoms with E-state index in [9.17, 15) is 4.39 Å². The smallest absolute Gasteiger partial charge is 0.147 e. The van der Waals surface area contributed by atoms with Crippen LogP contribution < -0.4 is 5.32 Å². The molecule has 2 heterocycles. The number of nitrogens with one attached hydrogen (secondary N) is 1. The van der Waals surface area contributed by atoms with Gasteiger partial charge in [-0.1, -0.05) is 29.3 Å². The third-order valence-corrected chi connectivity index (χ3v) is 3.41. The maximum atomic E-state index is 13.6. The first-order valence-electron chi connectivity index (χ1n) is 5.94. The molecule has 20 heavy (non-hydrogen) atoms. The Kier molecular flexibility index (Phi) is 3.51. The molecule has 3 nitrogen and oxygen atoms in total. The number of anilines is 1. The van der Waals surface area contributed by atoms with Crippen LogP contribution in [0.25, 0.3) is 5.65 Å². The fraction of sp³-hybridized carbons (Fsp3) is 0.0714. The number of hydrogen-bond donors (Lipinski definition) is 1. The van der Waals surface area contributed by atoms with Crippen LogP contribution >= 0.6 is 23.2 Å². The van der Waals surface area contributed by atoms with Gasteiger partial charge in [-0.2, -0.15) is 0 Å². The summed E-state index contributed by atoms with van der Waals surface area (Å²) < 4.78 is 15.4. The molecule has 3 rings (SSSR count). The molecule has 1 aromatic carbocycles. The van der Waals surface area contributed by atoms with Crippen molar-refractivity contribution < 1.29 is 4.39 Å². The number of pyridine rings is 1. The van der Waals surface area contributed by atoms with Crippen LogP contribution in [-0.2, 0) is 6.54 Å². The van der Waals surface area contributed by atoms with Gasteiger partial charge in [0.2, 0.25) is 0 Å². The summed E-state index contributed by atoms with van der Waals surface area (Å²) >= 11 is 11.9. The molecular formula is C14H10Cl2FN3. The fourth-order valence-corrected chi connectivity index (χ4v) is 2.35. The summed E-state index contributed by atoms with van der Waals surface area (Å²) in [6, 6.07) is 8.15. The van der Waals surface area contributed by atoms with Crippen LogP contribution in [0.2, 0.25) is 10.0 Å². The van der Waals surface area contributed by atoms with E-state index < -0.39 is 0 Å². The maximum absolute atomic E-state index is 13.6. The quantitative estimate of drug-likeness (QED) is 0.777. The molecule has 1 N–H and O–H groups in total. The molecule has 3 aromatic rings. The minimum Gasteiger partial charge on any atom is -0.376 e. The van der Waals surface area contributed by atoms with E-state index in [0.29, 0.717) is 16.6 Å². The topological polar surface area (TPSA) is 29.3 Å². The molecule has 0 aliphatic heterocycles. The average Bonchev–Trinajstić information content (AvgIpc) is 2.80. The van der Waals surface area contributed by atoms with E-state index in [2.05, 4.69) is 10.3 Å². The molecule has 0 saturated carbocycles. The van der Waals surface area contributed by atoms with E-state index in [-0.39, 0.29) is 11.5 Å². The molecule has 0 aliphatic carbocycles.